The van der Waals surface area contributed by atoms with Crippen LogP contribution < -0.4 is 0 Å². The summed E-state index contributed by atoms with van der Waals surface area (Å²) in [5.41, 5.74) is 0. The highest BCUT2D eigenvalue weighted by Gasteiger charge is 2.52. The van der Waals surface area contributed by atoms with Crippen molar-refractivity contribution in [2.75, 3.05) is 6.61 Å². The van der Waals surface area contributed by atoms with Crippen molar-refractivity contribution in [3.8, 4) is 0 Å². The molecule has 1 aliphatic heterocycles. The van der Waals surface area contributed by atoms with E-state index in [1.807, 2.05) is 0 Å². The van der Waals surface area contributed by atoms with Crippen molar-refractivity contribution in [3.63, 3.8) is 0 Å². The first-order chi connectivity index (χ1) is 5.36. The van der Waals surface area contributed by atoms with Crippen molar-refractivity contribution in [2.24, 2.45) is 23.7 Å². The van der Waals surface area contributed by atoms with Gasteiger partial charge >= 0.3 is 5.97 Å². The van der Waals surface area contributed by atoms with Crippen molar-refractivity contribution in [1.82, 2.24) is 0 Å². The summed E-state index contributed by atoms with van der Waals surface area (Å²) >= 11 is 0. The molecule has 0 N–H and O–H groups in total. The van der Waals surface area contributed by atoms with E-state index >= 15 is 0 Å². The minimum Gasteiger partial charge on any atom is -0.465 e. The molecular weight excluding hydrogens is 140 g/mol. The van der Waals surface area contributed by atoms with Crippen LogP contribution in [0.15, 0.2) is 12.2 Å². The fourth-order valence-corrected chi connectivity index (χ4v) is 2.78. The maximum Gasteiger partial charge on any atom is 0.309 e. The van der Waals surface area contributed by atoms with E-state index < -0.39 is 0 Å². The first-order valence-electron chi connectivity index (χ1n) is 4.21. The van der Waals surface area contributed by atoms with Crippen LogP contribution in [0.3, 0.4) is 0 Å². The lowest BCUT2D eigenvalue weighted by Crippen LogP contribution is -2.19. The quantitative estimate of drug-likeness (QED) is 0.380. The van der Waals surface area contributed by atoms with E-state index in [0.717, 1.165) is 0 Å². The lowest BCUT2D eigenvalue weighted by molar-refractivity contribution is -0.142. The van der Waals surface area contributed by atoms with Crippen LogP contribution in [0.1, 0.15) is 6.42 Å². The average molecular weight is 150 g/mol. The monoisotopic (exact) mass is 150 g/mol. The summed E-state index contributed by atoms with van der Waals surface area (Å²) in [5, 5.41) is 0. The van der Waals surface area contributed by atoms with Crippen molar-refractivity contribution in [3.05, 3.63) is 12.2 Å². The predicted molar refractivity (Wildman–Crippen MR) is 38.7 cm³/mol. The van der Waals surface area contributed by atoms with E-state index in [1.165, 1.54) is 6.42 Å². The maximum atomic E-state index is 11.2. The van der Waals surface area contributed by atoms with Gasteiger partial charge in [0.15, 0.2) is 0 Å². The van der Waals surface area contributed by atoms with Crippen molar-refractivity contribution in [2.45, 2.75) is 6.42 Å². The second-order valence-electron chi connectivity index (χ2n) is 3.77. The summed E-state index contributed by atoms with van der Waals surface area (Å²) in [6.07, 6.45) is 5.65. The van der Waals surface area contributed by atoms with Crippen LogP contribution in [0.5, 0.6) is 0 Å². The largest absolute Gasteiger partial charge is 0.465 e. The van der Waals surface area contributed by atoms with Crippen LogP contribution in [0, 0.1) is 23.7 Å². The second-order valence-corrected chi connectivity index (χ2v) is 3.77. The first-order valence-corrected chi connectivity index (χ1v) is 4.21. The third-order valence-electron chi connectivity index (χ3n) is 3.31. The van der Waals surface area contributed by atoms with E-state index in [1.54, 1.807) is 0 Å². The number of ether oxygens (including phenoxy) is 1. The Hall–Kier alpha value is -0.790. The van der Waals surface area contributed by atoms with Crippen LogP contribution in [-0.2, 0) is 9.53 Å². The lowest BCUT2D eigenvalue weighted by atomic mass is 9.86. The Morgan fingerprint density at radius 1 is 1.36 bits per heavy atom. The molecule has 1 saturated carbocycles. The molecule has 11 heavy (non-hydrogen) atoms. The fourth-order valence-electron chi connectivity index (χ4n) is 2.78. The molecule has 1 saturated heterocycles. The summed E-state index contributed by atoms with van der Waals surface area (Å²) in [4.78, 5) is 11.2. The zero-order valence-electron chi connectivity index (χ0n) is 6.19. The number of fused-ring (bicyclic) bond motifs is 5. The third kappa shape index (κ3) is 0.561. The molecule has 2 aliphatic carbocycles. The molecular formula is C9H10O2. The molecule has 0 amide bonds. The van der Waals surface area contributed by atoms with Crippen LogP contribution in [-0.4, -0.2) is 12.6 Å². The van der Waals surface area contributed by atoms with E-state index in [0.29, 0.717) is 24.4 Å². The Balaban J connectivity index is 2.03. The Labute approximate surface area is 65.2 Å². The highest BCUT2D eigenvalue weighted by molar-refractivity contribution is 5.76. The number of rotatable bonds is 0. The zero-order chi connectivity index (χ0) is 7.42. The Bertz CT molecular complexity index is 244. The van der Waals surface area contributed by atoms with Gasteiger partial charge in [-0.1, -0.05) is 12.2 Å². The van der Waals surface area contributed by atoms with Gasteiger partial charge in [-0.15, -0.1) is 0 Å². The van der Waals surface area contributed by atoms with E-state index in [9.17, 15) is 4.79 Å². The van der Waals surface area contributed by atoms with Crippen molar-refractivity contribution in [1.29, 1.82) is 0 Å². The van der Waals surface area contributed by atoms with Crippen molar-refractivity contribution < 1.29 is 9.53 Å². The van der Waals surface area contributed by atoms with Gasteiger partial charge in [0.2, 0.25) is 0 Å². The molecule has 0 spiro atoms. The van der Waals surface area contributed by atoms with E-state index in [-0.39, 0.29) is 11.9 Å². The van der Waals surface area contributed by atoms with E-state index in [2.05, 4.69) is 12.2 Å². The standard InChI is InChI=1S/C9H10O2/c10-9-8-6-2-1-5(3-6)7(8)4-11-9/h1-2,5-8H,3-4H2/t5-,6+,7+,8-/m0/s1. The fraction of sp³-hybridized carbons (Fsp3) is 0.667. The number of cyclic esters (lactones) is 1. The van der Waals surface area contributed by atoms with Gasteiger partial charge in [-0.05, 0) is 18.3 Å². The number of esters is 1. The molecule has 58 valence electrons. The number of hydrogen-bond acceptors (Lipinski definition) is 2. The van der Waals surface area contributed by atoms with Gasteiger partial charge in [0.05, 0.1) is 12.5 Å². The van der Waals surface area contributed by atoms with Gasteiger partial charge in [0, 0.05) is 5.92 Å². The Morgan fingerprint density at radius 2 is 2.18 bits per heavy atom. The lowest BCUT2D eigenvalue weighted by Gasteiger charge is -2.14. The molecule has 3 aliphatic rings. The molecule has 0 aromatic carbocycles. The normalized spacial score (nSPS) is 51.5. The van der Waals surface area contributed by atoms with Crippen molar-refractivity contribution >= 4 is 5.97 Å². The summed E-state index contributed by atoms with van der Waals surface area (Å²) in [6, 6.07) is 0. The third-order valence-corrected chi connectivity index (χ3v) is 3.31. The van der Waals surface area contributed by atoms with Gasteiger partial charge in [-0.2, -0.15) is 0 Å². The highest BCUT2D eigenvalue weighted by atomic mass is 16.5. The van der Waals surface area contributed by atoms with Gasteiger partial charge < -0.3 is 4.74 Å². The molecule has 3 rings (SSSR count). The molecule has 2 fully saturated rings. The summed E-state index contributed by atoms with van der Waals surface area (Å²) in [7, 11) is 0. The molecule has 0 aromatic heterocycles. The minimum absolute atomic E-state index is 0.0480. The minimum atomic E-state index is 0.0480. The zero-order valence-corrected chi connectivity index (χ0v) is 6.19. The first kappa shape index (κ1) is 5.81. The molecule has 2 heteroatoms. The SMILES string of the molecule is O=C1OC[C@H]2[C@@H]1[C@@H]1C=C[C@H]2C1. The summed E-state index contributed by atoms with van der Waals surface area (Å²) in [6.45, 7) is 0.676. The summed E-state index contributed by atoms with van der Waals surface area (Å²) < 4.78 is 5.02. The number of carbonyl (C=O) groups excluding carboxylic acids is 1. The topological polar surface area (TPSA) is 26.3 Å². The maximum absolute atomic E-state index is 11.2. The molecule has 0 aromatic rings. The molecule has 2 bridgehead atoms. The molecule has 0 unspecified atom stereocenters. The Morgan fingerprint density at radius 3 is 3.00 bits per heavy atom. The molecule has 2 nitrogen and oxygen atoms in total. The van der Waals surface area contributed by atoms with Gasteiger partial charge in [-0.25, -0.2) is 0 Å². The second kappa shape index (κ2) is 1.68. The number of allylic oxidation sites excluding steroid dienone is 2. The summed E-state index contributed by atoms with van der Waals surface area (Å²) in [5.74, 6) is 1.96. The number of hydrogen-bond donors (Lipinski definition) is 0. The van der Waals surface area contributed by atoms with Gasteiger partial charge in [-0.3, -0.25) is 4.79 Å². The highest BCUT2D eigenvalue weighted by Crippen LogP contribution is 2.50. The molecule has 1 heterocycles. The van der Waals surface area contributed by atoms with Gasteiger partial charge in [0.1, 0.15) is 0 Å². The predicted octanol–water partition coefficient (Wildman–Crippen LogP) is 0.982. The van der Waals surface area contributed by atoms with Crippen LogP contribution >= 0.6 is 0 Å². The average Bonchev–Trinajstić information content (AvgIpc) is 2.60. The van der Waals surface area contributed by atoms with Crippen LogP contribution in [0.4, 0.5) is 0 Å². The Kier molecular flexibility index (Phi) is 0.888. The van der Waals surface area contributed by atoms with Crippen LogP contribution in [0.2, 0.25) is 0 Å². The molecule has 0 radical (unpaired) electrons. The molecule has 4 atom stereocenters. The smallest absolute Gasteiger partial charge is 0.309 e. The van der Waals surface area contributed by atoms with Crippen LogP contribution in [0.25, 0.3) is 0 Å². The van der Waals surface area contributed by atoms with E-state index in [4.69, 9.17) is 4.74 Å². The van der Waals surface area contributed by atoms with Gasteiger partial charge in [0.25, 0.3) is 0 Å². The number of carbonyl (C=O) groups is 1.